The van der Waals surface area contributed by atoms with Gasteiger partial charge >= 0.3 is 0 Å². The maximum absolute atomic E-state index is 5.72. The highest BCUT2D eigenvalue weighted by Gasteiger charge is 2.20. The predicted octanol–water partition coefficient (Wildman–Crippen LogP) is 3.84. The van der Waals surface area contributed by atoms with Gasteiger partial charge in [-0.05, 0) is 70.3 Å². The van der Waals surface area contributed by atoms with E-state index in [2.05, 4.69) is 22.6 Å². The summed E-state index contributed by atoms with van der Waals surface area (Å²) in [7, 11) is 3.82. The van der Waals surface area contributed by atoms with Crippen LogP contribution in [0.5, 0.6) is 5.75 Å². The number of ether oxygens (including phenoxy) is 3. The van der Waals surface area contributed by atoms with E-state index in [4.69, 9.17) is 19.2 Å². The van der Waals surface area contributed by atoms with E-state index in [-0.39, 0.29) is 30.1 Å². The molecule has 1 aromatic carbocycles. The lowest BCUT2D eigenvalue weighted by Crippen LogP contribution is -2.37. The van der Waals surface area contributed by atoms with Gasteiger partial charge in [0, 0.05) is 52.2 Å². The quantitative estimate of drug-likeness (QED) is 0.150. The average Bonchev–Trinajstić information content (AvgIpc) is 3.54. The van der Waals surface area contributed by atoms with Crippen LogP contribution < -0.4 is 15.4 Å². The van der Waals surface area contributed by atoms with Gasteiger partial charge in [0.25, 0.3) is 0 Å². The lowest BCUT2D eigenvalue weighted by molar-refractivity contribution is 0.123. The van der Waals surface area contributed by atoms with Crippen LogP contribution in [0.25, 0.3) is 0 Å². The van der Waals surface area contributed by atoms with Crippen LogP contribution >= 0.6 is 24.0 Å². The first kappa shape index (κ1) is 27.9. The fraction of sp³-hybridized carbons (Fsp3) is 0.696. The standard InChI is InChI=1S/C23H40N4O3.HI/c1-19(2)30-22-10-8-21(9-11-22)26-23(25-13-14-27(3)15-17-28-4)24-12-5-16-29-18-20-6-7-20;/h8-11,19-20H,5-7,12-18H2,1-4H3,(H2,24,25,26);1H. The van der Waals surface area contributed by atoms with Crippen LogP contribution in [0.1, 0.15) is 33.1 Å². The van der Waals surface area contributed by atoms with E-state index in [0.29, 0.717) is 0 Å². The Morgan fingerprint density at radius 2 is 1.90 bits per heavy atom. The zero-order valence-corrected chi connectivity index (χ0v) is 21.9. The van der Waals surface area contributed by atoms with Crippen molar-refractivity contribution in [1.82, 2.24) is 10.2 Å². The van der Waals surface area contributed by atoms with E-state index < -0.39 is 0 Å². The van der Waals surface area contributed by atoms with Gasteiger partial charge < -0.3 is 29.7 Å². The van der Waals surface area contributed by atoms with Crippen LogP contribution in [-0.2, 0) is 9.47 Å². The molecule has 178 valence electrons. The number of nitrogens with zero attached hydrogens (tertiary/aromatic N) is 2. The van der Waals surface area contributed by atoms with E-state index in [1.165, 1.54) is 12.8 Å². The number of aliphatic imine (C=N–C) groups is 1. The molecule has 1 aliphatic rings. The lowest BCUT2D eigenvalue weighted by atomic mass is 10.3. The lowest BCUT2D eigenvalue weighted by Gasteiger charge is -2.18. The Kier molecular flexibility index (Phi) is 14.9. The summed E-state index contributed by atoms with van der Waals surface area (Å²) in [5, 5.41) is 6.82. The molecular weight excluding hydrogens is 507 g/mol. The smallest absolute Gasteiger partial charge is 0.195 e. The summed E-state index contributed by atoms with van der Waals surface area (Å²) in [5.41, 5.74) is 0.982. The molecule has 2 rings (SSSR count). The second-order valence-corrected chi connectivity index (χ2v) is 8.14. The summed E-state index contributed by atoms with van der Waals surface area (Å²) >= 11 is 0. The number of anilines is 1. The summed E-state index contributed by atoms with van der Waals surface area (Å²) in [6.07, 6.45) is 3.75. The van der Waals surface area contributed by atoms with Crippen LogP contribution in [0.15, 0.2) is 29.3 Å². The normalized spacial score (nSPS) is 13.9. The minimum Gasteiger partial charge on any atom is -0.491 e. The molecule has 1 aromatic rings. The van der Waals surface area contributed by atoms with Crippen molar-refractivity contribution >= 4 is 35.6 Å². The van der Waals surface area contributed by atoms with Gasteiger partial charge in [-0.25, -0.2) is 0 Å². The molecule has 8 heteroatoms. The minimum atomic E-state index is 0. The molecule has 0 spiro atoms. The van der Waals surface area contributed by atoms with Crippen molar-refractivity contribution in [2.45, 2.75) is 39.2 Å². The van der Waals surface area contributed by atoms with E-state index in [1.807, 2.05) is 38.1 Å². The Morgan fingerprint density at radius 1 is 1.16 bits per heavy atom. The third-order valence-electron chi connectivity index (χ3n) is 4.72. The van der Waals surface area contributed by atoms with Crippen molar-refractivity contribution in [1.29, 1.82) is 0 Å². The van der Waals surface area contributed by atoms with Gasteiger partial charge in [0.1, 0.15) is 5.75 Å². The summed E-state index contributed by atoms with van der Waals surface area (Å²) in [5.74, 6) is 2.47. The summed E-state index contributed by atoms with van der Waals surface area (Å²) in [4.78, 5) is 6.96. The molecule has 1 fully saturated rings. The number of benzene rings is 1. The van der Waals surface area contributed by atoms with Crippen LogP contribution in [0.2, 0.25) is 0 Å². The molecule has 0 aromatic heterocycles. The van der Waals surface area contributed by atoms with Gasteiger partial charge in [0.2, 0.25) is 0 Å². The van der Waals surface area contributed by atoms with Crippen LogP contribution in [0.3, 0.4) is 0 Å². The molecule has 1 aliphatic carbocycles. The fourth-order valence-electron chi connectivity index (χ4n) is 2.78. The van der Waals surface area contributed by atoms with E-state index >= 15 is 0 Å². The largest absolute Gasteiger partial charge is 0.491 e. The second kappa shape index (κ2) is 16.5. The molecule has 0 aliphatic heterocycles. The van der Waals surface area contributed by atoms with Gasteiger partial charge in [-0.2, -0.15) is 0 Å². The summed E-state index contributed by atoms with van der Waals surface area (Å²) in [6.45, 7) is 9.83. The van der Waals surface area contributed by atoms with Crippen LogP contribution in [0, 0.1) is 5.92 Å². The Morgan fingerprint density at radius 3 is 2.55 bits per heavy atom. The minimum absolute atomic E-state index is 0. The Hall–Kier alpha value is -1.10. The highest BCUT2D eigenvalue weighted by atomic mass is 127. The first-order valence-corrected chi connectivity index (χ1v) is 11.1. The second-order valence-electron chi connectivity index (χ2n) is 8.14. The highest BCUT2D eigenvalue weighted by Crippen LogP contribution is 2.28. The van der Waals surface area contributed by atoms with Crippen molar-refractivity contribution in [3.63, 3.8) is 0 Å². The van der Waals surface area contributed by atoms with Gasteiger partial charge in [-0.15, -0.1) is 24.0 Å². The number of nitrogens with one attached hydrogen (secondary N) is 2. The number of hydrogen-bond donors (Lipinski definition) is 2. The number of hydrogen-bond acceptors (Lipinski definition) is 5. The number of guanidine groups is 1. The van der Waals surface area contributed by atoms with E-state index in [0.717, 1.165) is 75.7 Å². The van der Waals surface area contributed by atoms with E-state index in [1.54, 1.807) is 7.11 Å². The molecular formula is C23H41IN4O3. The molecule has 31 heavy (non-hydrogen) atoms. The molecule has 0 bridgehead atoms. The number of likely N-dealkylation sites (N-methyl/N-ethyl adjacent to an activating group) is 1. The summed E-state index contributed by atoms with van der Waals surface area (Å²) in [6, 6.07) is 7.98. The number of rotatable bonds is 15. The fourth-order valence-corrected chi connectivity index (χ4v) is 2.78. The molecule has 0 atom stereocenters. The molecule has 0 heterocycles. The third-order valence-corrected chi connectivity index (χ3v) is 4.72. The number of halogens is 1. The van der Waals surface area contributed by atoms with Crippen molar-refractivity contribution in [3.8, 4) is 5.75 Å². The van der Waals surface area contributed by atoms with Gasteiger partial charge in [-0.3, -0.25) is 4.99 Å². The van der Waals surface area contributed by atoms with Crippen molar-refractivity contribution in [3.05, 3.63) is 24.3 Å². The maximum atomic E-state index is 5.72. The van der Waals surface area contributed by atoms with Gasteiger partial charge in [-0.1, -0.05) is 0 Å². The third kappa shape index (κ3) is 13.8. The Labute approximate surface area is 205 Å². The first-order valence-electron chi connectivity index (χ1n) is 11.1. The SMILES string of the molecule is COCCN(C)CCNC(=NCCCOCC1CC1)Nc1ccc(OC(C)C)cc1.I. The van der Waals surface area contributed by atoms with Crippen molar-refractivity contribution in [2.75, 3.05) is 65.5 Å². The Bertz CT molecular complexity index is 609. The molecule has 0 unspecified atom stereocenters. The van der Waals surface area contributed by atoms with Crippen molar-refractivity contribution in [2.24, 2.45) is 10.9 Å². The van der Waals surface area contributed by atoms with Crippen LogP contribution in [-0.4, -0.2) is 77.1 Å². The molecule has 7 nitrogen and oxygen atoms in total. The molecule has 2 N–H and O–H groups in total. The average molecular weight is 549 g/mol. The number of methoxy groups -OCH3 is 1. The predicted molar refractivity (Wildman–Crippen MR) is 139 cm³/mol. The molecule has 0 radical (unpaired) electrons. The topological polar surface area (TPSA) is 67.4 Å². The maximum Gasteiger partial charge on any atom is 0.195 e. The monoisotopic (exact) mass is 548 g/mol. The zero-order valence-electron chi connectivity index (χ0n) is 19.6. The zero-order chi connectivity index (χ0) is 21.6. The summed E-state index contributed by atoms with van der Waals surface area (Å²) < 4.78 is 16.6. The molecule has 0 saturated heterocycles. The molecule has 0 amide bonds. The van der Waals surface area contributed by atoms with Gasteiger partial charge in [0.05, 0.1) is 12.7 Å². The Balaban J connectivity index is 0.00000480. The van der Waals surface area contributed by atoms with Gasteiger partial charge in [0.15, 0.2) is 5.96 Å². The van der Waals surface area contributed by atoms with Crippen molar-refractivity contribution < 1.29 is 14.2 Å². The first-order chi connectivity index (χ1) is 14.6. The molecule has 1 saturated carbocycles. The highest BCUT2D eigenvalue weighted by molar-refractivity contribution is 14.0. The van der Waals surface area contributed by atoms with Crippen LogP contribution in [0.4, 0.5) is 5.69 Å². The van der Waals surface area contributed by atoms with E-state index in [9.17, 15) is 0 Å².